The maximum atomic E-state index is 11.0. The number of carbonyl (C=O) groups excluding carboxylic acids is 1. The summed E-state index contributed by atoms with van der Waals surface area (Å²) in [7, 11) is 0. The van der Waals surface area contributed by atoms with Gasteiger partial charge in [-0.25, -0.2) is 0 Å². The molecule has 0 unspecified atom stereocenters. The number of nitrogens with zero attached hydrogens (tertiary/aromatic N) is 1. The lowest BCUT2D eigenvalue weighted by atomic mass is 10.2. The zero-order chi connectivity index (χ0) is 11.8. The molecule has 88 valence electrons. The molecule has 1 heterocycles. The molecule has 0 radical (unpaired) electrons. The van der Waals surface area contributed by atoms with E-state index < -0.39 is 0 Å². The van der Waals surface area contributed by atoms with Crippen molar-refractivity contribution in [3.05, 3.63) is 29.6 Å². The molecule has 4 heteroatoms. The van der Waals surface area contributed by atoms with Crippen LogP contribution in [0.4, 0.5) is 0 Å². The van der Waals surface area contributed by atoms with Gasteiger partial charge in [0.25, 0.3) is 0 Å². The first-order valence-electron chi connectivity index (χ1n) is 5.50. The average Bonchev–Trinajstić information content (AvgIpc) is 2.27. The van der Waals surface area contributed by atoms with Crippen molar-refractivity contribution in [1.29, 1.82) is 0 Å². The number of hydrogen-bond donors (Lipinski definition) is 1. The molecule has 1 N–H and O–H groups in total. The van der Waals surface area contributed by atoms with E-state index in [-0.39, 0.29) is 5.97 Å². The van der Waals surface area contributed by atoms with Gasteiger partial charge in [0, 0.05) is 25.0 Å². The van der Waals surface area contributed by atoms with Crippen molar-refractivity contribution in [2.75, 3.05) is 13.2 Å². The van der Waals surface area contributed by atoms with Crippen molar-refractivity contribution in [3.8, 4) is 0 Å². The largest absolute Gasteiger partial charge is 0.466 e. The molecule has 0 spiro atoms. The molecule has 0 aliphatic heterocycles. The predicted molar refractivity (Wildman–Crippen MR) is 61.9 cm³/mol. The van der Waals surface area contributed by atoms with Crippen LogP contribution in [0.2, 0.25) is 0 Å². The minimum atomic E-state index is -0.156. The normalized spacial score (nSPS) is 10.1. The lowest BCUT2D eigenvalue weighted by molar-refractivity contribution is -0.142. The first-order chi connectivity index (χ1) is 7.72. The molecule has 4 nitrogen and oxygen atoms in total. The van der Waals surface area contributed by atoms with Crippen LogP contribution < -0.4 is 5.32 Å². The Kier molecular flexibility index (Phi) is 5.50. The third kappa shape index (κ3) is 4.89. The van der Waals surface area contributed by atoms with E-state index in [1.165, 1.54) is 0 Å². The van der Waals surface area contributed by atoms with Gasteiger partial charge in [-0.3, -0.25) is 9.78 Å². The van der Waals surface area contributed by atoms with Crippen molar-refractivity contribution in [3.63, 3.8) is 0 Å². The summed E-state index contributed by atoms with van der Waals surface area (Å²) in [4.78, 5) is 15.2. The van der Waals surface area contributed by atoms with Crippen molar-refractivity contribution in [1.82, 2.24) is 10.3 Å². The van der Waals surface area contributed by atoms with E-state index in [4.69, 9.17) is 4.74 Å². The van der Waals surface area contributed by atoms with Gasteiger partial charge in [0.2, 0.25) is 0 Å². The van der Waals surface area contributed by atoms with Crippen molar-refractivity contribution >= 4 is 5.97 Å². The second kappa shape index (κ2) is 6.95. The summed E-state index contributed by atoms with van der Waals surface area (Å²) in [6.07, 6.45) is 2.25. The molecule has 0 amide bonds. The number of ether oxygens (including phenoxy) is 1. The lowest BCUT2D eigenvalue weighted by Gasteiger charge is -2.04. The van der Waals surface area contributed by atoms with E-state index in [9.17, 15) is 4.79 Å². The minimum absolute atomic E-state index is 0.156. The molecule has 0 bridgehead atoms. The van der Waals surface area contributed by atoms with E-state index in [2.05, 4.69) is 10.3 Å². The summed E-state index contributed by atoms with van der Waals surface area (Å²) in [5.41, 5.74) is 2.13. The van der Waals surface area contributed by atoms with Crippen LogP contribution in [0.1, 0.15) is 24.6 Å². The number of rotatable bonds is 6. The number of nitrogens with one attached hydrogen (secondary N) is 1. The summed E-state index contributed by atoms with van der Waals surface area (Å²) in [6, 6.07) is 4.00. The molecule has 0 aromatic carbocycles. The summed E-state index contributed by atoms with van der Waals surface area (Å²) in [5.74, 6) is -0.156. The Morgan fingerprint density at radius 1 is 1.50 bits per heavy atom. The molecule has 1 aromatic heterocycles. The van der Waals surface area contributed by atoms with Crippen LogP contribution in [-0.2, 0) is 16.1 Å². The van der Waals surface area contributed by atoms with Crippen LogP contribution in [0.25, 0.3) is 0 Å². The van der Waals surface area contributed by atoms with Gasteiger partial charge in [0.15, 0.2) is 0 Å². The molecule has 0 fully saturated rings. The highest BCUT2D eigenvalue weighted by Gasteiger charge is 2.00. The first-order valence-corrected chi connectivity index (χ1v) is 5.50. The minimum Gasteiger partial charge on any atom is -0.466 e. The molecule has 1 aromatic rings. The second-order valence-electron chi connectivity index (χ2n) is 3.54. The highest BCUT2D eigenvalue weighted by atomic mass is 16.5. The predicted octanol–water partition coefficient (Wildman–Crippen LogP) is 1.43. The Morgan fingerprint density at radius 3 is 2.94 bits per heavy atom. The van der Waals surface area contributed by atoms with Gasteiger partial charge >= 0.3 is 5.97 Å². The summed E-state index contributed by atoms with van der Waals surface area (Å²) in [5, 5.41) is 3.17. The van der Waals surface area contributed by atoms with Gasteiger partial charge in [0.05, 0.1) is 13.0 Å². The Labute approximate surface area is 96.0 Å². The van der Waals surface area contributed by atoms with E-state index in [1.54, 1.807) is 0 Å². The maximum Gasteiger partial charge on any atom is 0.307 e. The summed E-state index contributed by atoms with van der Waals surface area (Å²) < 4.78 is 4.82. The van der Waals surface area contributed by atoms with Gasteiger partial charge in [-0.15, -0.1) is 0 Å². The molecule has 0 aliphatic carbocycles. The third-order valence-electron chi connectivity index (χ3n) is 2.11. The Morgan fingerprint density at radius 2 is 2.31 bits per heavy atom. The van der Waals surface area contributed by atoms with Gasteiger partial charge in [-0.1, -0.05) is 6.07 Å². The average molecular weight is 222 g/mol. The standard InChI is InChI=1S/C12H18N2O2/c1-3-16-12(15)6-7-13-8-11-5-4-10(2)14-9-11/h4-5,9,13H,3,6-8H2,1-2H3. The van der Waals surface area contributed by atoms with E-state index in [1.807, 2.05) is 32.2 Å². The van der Waals surface area contributed by atoms with Crippen LogP contribution >= 0.6 is 0 Å². The van der Waals surface area contributed by atoms with Crippen molar-refractivity contribution < 1.29 is 9.53 Å². The van der Waals surface area contributed by atoms with E-state index in [0.717, 1.165) is 17.8 Å². The van der Waals surface area contributed by atoms with E-state index >= 15 is 0 Å². The number of aromatic nitrogens is 1. The van der Waals surface area contributed by atoms with Gasteiger partial charge in [-0.05, 0) is 25.5 Å². The molecule has 0 atom stereocenters. The Balaban J connectivity index is 2.16. The maximum absolute atomic E-state index is 11.0. The topological polar surface area (TPSA) is 51.2 Å². The Hall–Kier alpha value is -1.42. The fraction of sp³-hybridized carbons (Fsp3) is 0.500. The van der Waals surface area contributed by atoms with Crippen molar-refractivity contribution in [2.45, 2.75) is 26.8 Å². The molecule has 1 rings (SSSR count). The van der Waals surface area contributed by atoms with Gasteiger partial charge in [0.1, 0.15) is 0 Å². The highest BCUT2D eigenvalue weighted by molar-refractivity contribution is 5.69. The number of hydrogen-bond acceptors (Lipinski definition) is 4. The second-order valence-corrected chi connectivity index (χ2v) is 3.54. The summed E-state index contributed by atoms with van der Waals surface area (Å²) in [6.45, 7) is 5.57. The van der Waals surface area contributed by atoms with Crippen LogP contribution in [0.15, 0.2) is 18.3 Å². The first kappa shape index (κ1) is 12.6. The van der Waals surface area contributed by atoms with Crippen LogP contribution in [0.5, 0.6) is 0 Å². The number of carbonyl (C=O) groups is 1. The SMILES string of the molecule is CCOC(=O)CCNCc1ccc(C)nc1. The van der Waals surface area contributed by atoms with Crippen molar-refractivity contribution in [2.24, 2.45) is 0 Å². The van der Waals surface area contributed by atoms with Gasteiger partial charge < -0.3 is 10.1 Å². The highest BCUT2D eigenvalue weighted by Crippen LogP contribution is 1.98. The quantitative estimate of drug-likeness (QED) is 0.584. The van der Waals surface area contributed by atoms with Crippen LogP contribution in [-0.4, -0.2) is 24.1 Å². The molecule has 16 heavy (non-hydrogen) atoms. The Bertz CT molecular complexity index is 322. The van der Waals surface area contributed by atoms with E-state index in [0.29, 0.717) is 19.6 Å². The monoisotopic (exact) mass is 222 g/mol. The molecule has 0 saturated carbocycles. The number of pyridine rings is 1. The lowest BCUT2D eigenvalue weighted by Crippen LogP contribution is -2.19. The molecule has 0 aliphatic rings. The summed E-state index contributed by atoms with van der Waals surface area (Å²) >= 11 is 0. The van der Waals surface area contributed by atoms with Crippen LogP contribution in [0.3, 0.4) is 0 Å². The number of aryl methyl sites for hydroxylation is 1. The third-order valence-corrected chi connectivity index (χ3v) is 2.11. The zero-order valence-electron chi connectivity index (χ0n) is 9.82. The molecular formula is C12H18N2O2. The molecule has 0 saturated heterocycles. The number of esters is 1. The fourth-order valence-corrected chi connectivity index (χ4v) is 1.26. The smallest absolute Gasteiger partial charge is 0.307 e. The zero-order valence-corrected chi connectivity index (χ0v) is 9.82. The molecular weight excluding hydrogens is 204 g/mol. The van der Waals surface area contributed by atoms with Gasteiger partial charge in [-0.2, -0.15) is 0 Å². The van der Waals surface area contributed by atoms with Crippen LogP contribution in [0, 0.1) is 6.92 Å². The fourth-order valence-electron chi connectivity index (χ4n) is 1.26.